The fraction of sp³-hybridized carbons (Fsp3) is 0.636. The smallest absolute Gasteiger partial charge is 0.0910 e. The van der Waals surface area contributed by atoms with Crippen LogP contribution in [0.2, 0.25) is 0 Å². The molecule has 2 atom stereocenters. The molecule has 0 saturated carbocycles. The molecule has 0 aliphatic carbocycles. The number of thiophene rings is 1. The zero-order valence-corrected chi connectivity index (χ0v) is 9.80. The van der Waals surface area contributed by atoms with E-state index in [-0.39, 0.29) is 12.0 Å². The second-order valence-corrected chi connectivity index (χ2v) is 4.62. The molecule has 0 spiro atoms. The first-order valence-electron chi connectivity index (χ1n) is 4.87. The van der Waals surface area contributed by atoms with Gasteiger partial charge in [-0.05, 0) is 36.3 Å². The topological polar surface area (TPSA) is 29.5 Å². The van der Waals surface area contributed by atoms with Crippen LogP contribution in [0.15, 0.2) is 11.4 Å². The number of rotatable bonds is 5. The summed E-state index contributed by atoms with van der Waals surface area (Å²) in [5, 5.41) is 12.1. The van der Waals surface area contributed by atoms with Crippen LogP contribution in [-0.2, 0) is 4.74 Å². The highest BCUT2D eigenvalue weighted by Crippen LogP contribution is 2.30. The Kier molecular flexibility index (Phi) is 4.58. The summed E-state index contributed by atoms with van der Waals surface area (Å²) in [4.78, 5) is 1.09. The molecule has 1 rings (SSSR count). The van der Waals surface area contributed by atoms with Gasteiger partial charge in [0.05, 0.1) is 6.10 Å². The Bertz CT molecular complexity index is 270. The number of aliphatic hydroxyl groups excluding tert-OH is 1. The maximum absolute atomic E-state index is 10.0. The van der Waals surface area contributed by atoms with Gasteiger partial charge >= 0.3 is 0 Å². The van der Waals surface area contributed by atoms with Crippen molar-refractivity contribution in [2.24, 2.45) is 5.92 Å². The van der Waals surface area contributed by atoms with Crippen LogP contribution in [-0.4, -0.2) is 18.8 Å². The Hall–Kier alpha value is -0.380. The van der Waals surface area contributed by atoms with Crippen LogP contribution in [0.3, 0.4) is 0 Å². The Morgan fingerprint density at radius 1 is 1.57 bits per heavy atom. The summed E-state index contributed by atoms with van der Waals surface area (Å²) >= 11 is 1.63. The lowest BCUT2D eigenvalue weighted by Crippen LogP contribution is -2.11. The van der Waals surface area contributed by atoms with Gasteiger partial charge in [-0.2, -0.15) is 0 Å². The van der Waals surface area contributed by atoms with E-state index in [9.17, 15) is 5.11 Å². The average Bonchev–Trinajstić information content (AvgIpc) is 2.59. The molecule has 0 radical (unpaired) electrons. The molecule has 1 N–H and O–H groups in total. The third-order valence-corrected chi connectivity index (χ3v) is 3.58. The lowest BCUT2D eigenvalue weighted by molar-refractivity contribution is 0.0907. The number of aliphatic hydroxyl groups is 1. The van der Waals surface area contributed by atoms with E-state index in [1.807, 2.05) is 18.4 Å². The van der Waals surface area contributed by atoms with Gasteiger partial charge in [-0.15, -0.1) is 11.3 Å². The average molecular weight is 214 g/mol. The minimum absolute atomic E-state index is 0.257. The predicted molar refractivity (Wildman–Crippen MR) is 59.7 cm³/mol. The van der Waals surface area contributed by atoms with Gasteiger partial charge in [-0.1, -0.05) is 6.92 Å². The molecule has 2 nitrogen and oxygen atoms in total. The van der Waals surface area contributed by atoms with Gasteiger partial charge in [0.25, 0.3) is 0 Å². The Labute approximate surface area is 89.5 Å². The second kappa shape index (κ2) is 5.49. The number of hydrogen-bond acceptors (Lipinski definition) is 3. The van der Waals surface area contributed by atoms with E-state index < -0.39 is 0 Å². The molecule has 0 amide bonds. The first kappa shape index (κ1) is 11.7. The van der Waals surface area contributed by atoms with Crippen LogP contribution in [0.25, 0.3) is 0 Å². The Balaban J connectivity index is 2.56. The van der Waals surface area contributed by atoms with Crippen molar-refractivity contribution in [3.8, 4) is 0 Å². The van der Waals surface area contributed by atoms with Gasteiger partial charge < -0.3 is 9.84 Å². The van der Waals surface area contributed by atoms with Gasteiger partial charge in [0.1, 0.15) is 0 Å². The normalized spacial score (nSPS) is 15.4. The van der Waals surface area contributed by atoms with E-state index >= 15 is 0 Å². The molecular weight excluding hydrogens is 196 g/mol. The molecule has 0 aliphatic heterocycles. The highest BCUT2D eigenvalue weighted by Gasteiger charge is 2.18. The fourth-order valence-electron chi connectivity index (χ4n) is 1.41. The summed E-state index contributed by atoms with van der Waals surface area (Å²) in [5.74, 6) is 0.257. The third-order valence-electron chi connectivity index (χ3n) is 2.49. The van der Waals surface area contributed by atoms with Crippen molar-refractivity contribution in [2.75, 3.05) is 13.7 Å². The molecule has 0 saturated heterocycles. The fourth-order valence-corrected chi connectivity index (χ4v) is 2.45. The van der Waals surface area contributed by atoms with Crippen LogP contribution < -0.4 is 0 Å². The van der Waals surface area contributed by atoms with Gasteiger partial charge in [0, 0.05) is 18.6 Å². The van der Waals surface area contributed by atoms with E-state index in [4.69, 9.17) is 4.74 Å². The van der Waals surface area contributed by atoms with E-state index in [1.54, 1.807) is 18.4 Å². The van der Waals surface area contributed by atoms with Crippen molar-refractivity contribution in [3.63, 3.8) is 0 Å². The number of aryl methyl sites for hydroxylation is 1. The molecule has 14 heavy (non-hydrogen) atoms. The van der Waals surface area contributed by atoms with Gasteiger partial charge in [0.2, 0.25) is 0 Å². The van der Waals surface area contributed by atoms with Crippen molar-refractivity contribution in [1.82, 2.24) is 0 Å². The maximum Gasteiger partial charge on any atom is 0.0910 e. The van der Waals surface area contributed by atoms with Crippen LogP contribution in [0.5, 0.6) is 0 Å². The first-order chi connectivity index (χ1) is 6.66. The molecule has 1 aromatic rings. The van der Waals surface area contributed by atoms with E-state index in [2.05, 4.69) is 6.92 Å². The van der Waals surface area contributed by atoms with E-state index in [0.29, 0.717) is 6.61 Å². The molecule has 0 fully saturated rings. The zero-order chi connectivity index (χ0) is 10.6. The quantitative estimate of drug-likeness (QED) is 0.816. The Morgan fingerprint density at radius 2 is 2.29 bits per heavy atom. The van der Waals surface area contributed by atoms with Crippen molar-refractivity contribution < 1.29 is 9.84 Å². The summed E-state index contributed by atoms with van der Waals surface area (Å²) in [7, 11) is 1.69. The highest BCUT2D eigenvalue weighted by atomic mass is 32.1. The molecule has 1 heterocycles. The van der Waals surface area contributed by atoms with Crippen molar-refractivity contribution in [3.05, 3.63) is 21.9 Å². The van der Waals surface area contributed by atoms with Crippen LogP contribution in [0.1, 0.15) is 29.9 Å². The SMILES string of the molecule is COCCC(C)C(O)c1sccc1C. The summed E-state index contributed by atoms with van der Waals surface area (Å²) < 4.78 is 5.00. The molecule has 2 unspecified atom stereocenters. The first-order valence-corrected chi connectivity index (χ1v) is 5.75. The van der Waals surface area contributed by atoms with Gasteiger partial charge in [-0.3, -0.25) is 0 Å². The van der Waals surface area contributed by atoms with Crippen LogP contribution in [0, 0.1) is 12.8 Å². The lowest BCUT2D eigenvalue weighted by Gasteiger charge is -2.18. The van der Waals surface area contributed by atoms with Gasteiger partial charge in [-0.25, -0.2) is 0 Å². The Morgan fingerprint density at radius 3 is 2.79 bits per heavy atom. The largest absolute Gasteiger partial charge is 0.387 e. The molecule has 0 aliphatic rings. The number of ether oxygens (including phenoxy) is 1. The third kappa shape index (κ3) is 2.80. The van der Waals surface area contributed by atoms with E-state index in [1.165, 1.54) is 5.56 Å². The molecule has 80 valence electrons. The number of methoxy groups -OCH3 is 1. The van der Waals surface area contributed by atoms with Crippen LogP contribution >= 0.6 is 11.3 Å². The van der Waals surface area contributed by atoms with E-state index in [0.717, 1.165) is 11.3 Å². The van der Waals surface area contributed by atoms with Crippen molar-refractivity contribution >= 4 is 11.3 Å². The standard InChI is InChI=1S/C11H18O2S/c1-8(4-6-13-3)10(12)11-9(2)5-7-14-11/h5,7-8,10,12H,4,6H2,1-3H3. The highest BCUT2D eigenvalue weighted by molar-refractivity contribution is 7.10. The molecule has 0 aromatic carbocycles. The molecular formula is C11H18O2S. The summed E-state index contributed by atoms with van der Waals surface area (Å²) in [6, 6.07) is 2.05. The monoisotopic (exact) mass is 214 g/mol. The summed E-state index contributed by atoms with van der Waals surface area (Å²) in [6.07, 6.45) is 0.555. The molecule has 1 aromatic heterocycles. The minimum atomic E-state index is -0.342. The number of hydrogen-bond donors (Lipinski definition) is 1. The zero-order valence-electron chi connectivity index (χ0n) is 8.99. The lowest BCUT2D eigenvalue weighted by atomic mass is 9.98. The van der Waals surface area contributed by atoms with Crippen molar-refractivity contribution in [2.45, 2.75) is 26.4 Å². The molecule has 3 heteroatoms. The minimum Gasteiger partial charge on any atom is -0.387 e. The predicted octanol–water partition coefficient (Wildman–Crippen LogP) is 2.76. The van der Waals surface area contributed by atoms with Crippen molar-refractivity contribution in [1.29, 1.82) is 0 Å². The second-order valence-electron chi connectivity index (χ2n) is 3.67. The maximum atomic E-state index is 10.0. The van der Waals surface area contributed by atoms with Crippen LogP contribution in [0.4, 0.5) is 0 Å². The summed E-state index contributed by atoms with van der Waals surface area (Å²) in [5.41, 5.74) is 1.19. The summed E-state index contributed by atoms with van der Waals surface area (Å²) in [6.45, 7) is 4.81. The molecule has 0 bridgehead atoms. The van der Waals surface area contributed by atoms with Gasteiger partial charge in [0.15, 0.2) is 0 Å².